The van der Waals surface area contributed by atoms with Crippen molar-refractivity contribution in [3.63, 3.8) is 0 Å². The Balaban J connectivity index is 2.16. The van der Waals surface area contributed by atoms with Gasteiger partial charge in [0.25, 0.3) is 0 Å². The number of aryl methyl sites for hydroxylation is 1. The van der Waals surface area contributed by atoms with Gasteiger partial charge in [-0.25, -0.2) is 9.78 Å². The number of carboxylic acids is 1. The number of aromatic carboxylic acids is 1. The molecule has 0 atom stereocenters. The Labute approximate surface area is 123 Å². The maximum Gasteiger partial charge on any atom is 0.339 e. The molecule has 0 aromatic carbocycles. The van der Waals surface area contributed by atoms with Crippen molar-refractivity contribution in [2.75, 3.05) is 32.5 Å². The van der Waals surface area contributed by atoms with E-state index in [0.717, 1.165) is 31.3 Å². The summed E-state index contributed by atoms with van der Waals surface area (Å²) < 4.78 is 1.64. The van der Waals surface area contributed by atoms with E-state index in [-0.39, 0.29) is 5.56 Å². The summed E-state index contributed by atoms with van der Waals surface area (Å²) in [7, 11) is 5.87. The van der Waals surface area contributed by atoms with Crippen molar-refractivity contribution in [1.29, 1.82) is 0 Å². The Morgan fingerprint density at radius 1 is 1.38 bits per heavy atom. The summed E-state index contributed by atoms with van der Waals surface area (Å²) in [5.74, 6) is -0.982. The van der Waals surface area contributed by atoms with Crippen LogP contribution in [0.15, 0.2) is 12.4 Å². The molecular formula is C14H21N5O2. The Morgan fingerprint density at radius 2 is 2.14 bits per heavy atom. The fourth-order valence-electron chi connectivity index (χ4n) is 2.21. The molecule has 21 heavy (non-hydrogen) atoms. The molecule has 0 aliphatic rings. The maximum absolute atomic E-state index is 11.3. The van der Waals surface area contributed by atoms with Crippen LogP contribution in [0, 0.1) is 0 Å². The second-order valence-electron chi connectivity index (χ2n) is 5.29. The van der Waals surface area contributed by atoms with Gasteiger partial charge in [-0.3, -0.25) is 4.68 Å². The number of nitrogens with one attached hydrogen (secondary N) is 1. The molecule has 0 aliphatic heterocycles. The van der Waals surface area contributed by atoms with E-state index < -0.39 is 5.97 Å². The highest BCUT2D eigenvalue weighted by Crippen LogP contribution is 2.25. The van der Waals surface area contributed by atoms with Crippen molar-refractivity contribution in [3.8, 4) is 0 Å². The van der Waals surface area contributed by atoms with Crippen LogP contribution in [0.1, 0.15) is 23.2 Å². The first-order chi connectivity index (χ1) is 10.0. The molecule has 2 N–H and O–H groups in total. The third kappa shape index (κ3) is 3.49. The van der Waals surface area contributed by atoms with Gasteiger partial charge >= 0.3 is 5.97 Å². The van der Waals surface area contributed by atoms with Crippen LogP contribution >= 0.6 is 0 Å². The van der Waals surface area contributed by atoms with Crippen LogP contribution in [0.2, 0.25) is 0 Å². The Hall–Kier alpha value is -2.15. The third-order valence-corrected chi connectivity index (χ3v) is 3.33. The average Bonchev–Trinajstić information content (AvgIpc) is 2.80. The number of fused-ring (bicyclic) bond motifs is 1. The van der Waals surface area contributed by atoms with Gasteiger partial charge in [-0.15, -0.1) is 0 Å². The first kappa shape index (κ1) is 15.2. The van der Waals surface area contributed by atoms with Crippen molar-refractivity contribution in [1.82, 2.24) is 19.7 Å². The minimum absolute atomic E-state index is 0.183. The highest BCUT2D eigenvalue weighted by atomic mass is 16.4. The predicted molar refractivity (Wildman–Crippen MR) is 81.7 cm³/mol. The normalized spacial score (nSPS) is 11.2. The molecule has 0 amide bonds. The summed E-state index contributed by atoms with van der Waals surface area (Å²) in [5, 5.41) is 17.4. The highest BCUT2D eigenvalue weighted by Gasteiger charge is 2.16. The summed E-state index contributed by atoms with van der Waals surface area (Å²) in [6.07, 6.45) is 5.07. The predicted octanol–water partition coefficient (Wildman–Crippen LogP) is 1.42. The molecular weight excluding hydrogens is 270 g/mol. The molecule has 2 heterocycles. The van der Waals surface area contributed by atoms with Crippen LogP contribution in [0.5, 0.6) is 0 Å². The van der Waals surface area contributed by atoms with Crippen molar-refractivity contribution in [3.05, 3.63) is 18.0 Å². The van der Waals surface area contributed by atoms with Crippen LogP contribution < -0.4 is 5.32 Å². The summed E-state index contributed by atoms with van der Waals surface area (Å²) >= 11 is 0. The minimum Gasteiger partial charge on any atom is -0.478 e. The van der Waals surface area contributed by atoms with Crippen molar-refractivity contribution >= 4 is 22.7 Å². The molecule has 0 aliphatic carbocycles. The summed E-state index contributed by atoms with van der Waals surface area (Å²) in [4.78, 5) is 17.6. The zero-order valence-electron chi connectivity index (χ0n) is 12.6. The number of aromatic nitrogens is 3. The number of hydrogen-bond acceptors (Lipinski definition) is 5. The zero-order valence-corrected chi connectivity index (χ0v) is 12.6. The fourth-order valence-corrected chi connectivity index (χ4v) is 2.21. The van der Waals surface area contributed by atoms with E-state index >= 15 is 0 Å². The monoisotopic (exact) mass is 291 g/mol. The van der Waals surface area contributed by atoms with E-state index in [0.29, 0.717) is 11.3 Å². The van der Waals surface area contributed by atoms with Crippen molar-refractivity contribution < 1.29 is 9.90 Å². The lowest BCUT2D eigenvalue weighted by molar-refractivity contribution is 0.0697. The number of rotatable bonds is 7. The van der Waals surface area contributed by atoms with E-state index in [2.05, 4.69) is 20.3 Å². The van der Waals surface area contributed by atoms with Gasteiger partial charge in [-0.1, -0.05) is 0 Å². The standard InChI is InChI=1S/C14H21N5O2/c1-18(2)7-5-4-6-15-12-10-9-17-19(3)13(10)16-8-11(12)14(20)21/h8-9H,4-7H2,1-3H3,(H,15,16)(H,20,21). The van der Waals surface area contributed by atoms with Gasteiger partial charge in [0.2, 0.25) is 0 Å². The number of carboxylic acid groups (broad SMARTS) is 1. The molecule has 2 aromatic heterocycles. The minimum atomic E-state index is -0.982. The van der Waals surface area contributed by atoms with E-state index in [1.54, 1.807) is 17.9 Å². The van der Waals surface area contributed by atoms with Gasteiger partial charge < -0.3 is 15.3 Å². The van der Waals surface area contributed by atoms with E-state index in [1.807, 2.05) is 14.1 Å². The molecule has 0 fully saturated rings. The average molecular weight is 291 g/mol. The lowest BCUT2D eigenvalue weighted by Crippen LogP contribution is -2.15. The summed E-state index contributed by atoms with van der Waals surface area (Å²) in [6.45, 7) is 1.74. The maximum atomic E-state index is 11.3. The van der Waals surface area contributed by atoms with E-state index in [4.69, 9.17) is 0 Å². The van der Waals surface area contributed by atoms with Gasteiger partial charge in [-0.05, 0) is 33.5 Å². The van der Waals surface area contributed by atoms with Crippen molar-refractivity contribution in [2.24, 2.45) is 7.05 Å². The Morgan fingerprint density at radius 3 is 2.81 bits per heavy atom. The Kier molecular flexibility index (Phi) is 4.74. The molecule has 0 radical (unpaired) electrons. The summed E-state index contributed by atoms with van der Waals surface area (Å²) in [6, 6.07) is 0. The number of carbonyl (C=O) groups is 1. The first-order valence-corrected chi connectivity index (χ1v) is 6.93. The van der Waals surface area contributed by atoms with Crippen LogP contribution in [0.4, 0.5) is 5.69 Å². The second-order valence-corrected chi connectivity index (χ2v) is 5.29. The zero-order chi connectivity index (χ0) is 15.4. The third-order valence-electron chi connectivity index (χ3n) is 3.33. The number of nitrogens with zero attached hydrogens (tertiary/aromatic N) is 4. The molecule has 7 nitrogen and oxygen atoms in total. The number of pyridine rings is 1. The van der Waals surface area contributed by atoms with Gasteiger partial charge in [0.1, 0.15) is 5.56 Å². The SMILES string of the molecule is CN(C)CCCCNc1c(C(=O)O)cnc2c1cnn2C. The number of hydrogen-bond donors (Lipinski definition) is 2. The largest absolute Gasteiger partial charge is 0.478 e. The van der Waals surface area contributed by atoms with Crippen LogP contribution in [0.3, 0.4) is 0 Å². The first-order valence-electron chi connectivity index (χ1n) is 6.93. The van der Waals surface area contributed by atoms with Gasteiger partial charge in [0.15, 0.2) is 5.65 Å². The van der Waals surface area contributed by atoms with Crippen LogP contribution in [-0.4, -0.2) is 57.9 Å². The molecule has 2 rings (SSSR count). The lowest BCUT2D eigenvalue weighted by atomic mass is 10.1. The molecule has 0 saturated carbocycles. The molecule has 0 bridgehead atoms. The molecule has 0 spiro atoms. The fraction of sp³-hybridized carbons (Fsp3) is 0.500. The smallest absolute Gasteiger partial charge is 0.339 e. The lowest BCUT2D eigenvalue weighted by Gasteiger charge is -2.12. The van der Waals surface area contributed by atoms with Gasteiger partial charge in [0.05, 0.1) is 17.3 Å². The number of anilines is 1. The summed E-state index contributed by atoms with van der Waals surface area (Å²) in [5.41, 5.74) is 1.46. The molecule has 0 saturated heterocycles. The Bertz CT molecular complexity index is 636. The van der Waals surface area contributed by atoms with Gasteiger partial charge in [-0.2, -0.15) is 5.10 Å². The molecule has 7 heteroatoms. The van der Waals surface area contributed by atoms with E-state index in [9.17, 15) is 9.90 Å². The van der Waals surface area contributed by atoms with Crippen LogP contribution in [0.25, 0.3) is 11.0 Å². The quantitative estimate of drug-likeness (QED) is 0.751. The molecule has 114 valence electrons. The highest BCUT2D eigenvalue weighted by molar-refractivity contribution is 6.03. The second kappa shape index (κ2) is 6.53. The molecule has 0 unspecified atom stereocenters. The topological polar surface area (TPSA) is 83.3 Å². The molecule has 2 aromatic rings. The van der Waals surface area contributed by atoms with Crippen LogP contribution in [-0.2, 0) is 7.05 Å². The number of unbranched alkanes of at least 4 members (excludes halogenated alkanes) is 1. The van der Waals surface area contributed by atoms with Gasteiger partial charge in [0, 0.05) is 19.8 Å². The van der Waals surface area contributed by atoms with Crippen molar-refractivity contribution in [2.45, 2.75) is 12.8 Å². The van der Waals surface area contributed by atoms with E-state index in [1.165, 1.54) is 6.20 Å².